The average Bonchev–Trinajstić information content (AvgIpc) is 2.32. The number of ether oxygens (including phenoxy) is 1. The molecule has 0 saturated heterocycles. The number of fused-ring (bicyclic) bond motifs is 1. The Morgan fingerprint density at radius 2 is 1.76 bits per heavy atom. The first kappa shape index (κ1) is 12.0. The van der Waals surface area contributed by atoms with Crippen LogP contribution in [-0.2, 0) is 11.2 Å². The summed E-state index contributed by atoms with van der Waals surface area (Å²) in [5.74, 6) is 0. The molecule has 0 aliphatic carbocycles. The van der Waals surface area contributed by atoms with Crippen LogP contribution in [0.3, 0.4) is 0 Å². The van der Waals surface area contributed by atoms with Gasteiger partial charge in [0.2, 0.25) is 0 Å². The number of carbonyl (C=O) groups excluding carboxylic acids is 1. The molecule has 0 unspecified atom stereocenters. The number of benzene rings is 1. The van der Waals surface area contributed by atoms with Gasteiger partial charge in [-0.1, -0.05) is 37.5 Å². The maximum Gasteiger partial charge on any atom is 0.411 e. The van der Waals surface area contributed by atoms with Gasteiger partial charge in [0.15, 0.2) is 0 Å². The number of amides is 1. The minimum atomic E-state index is -0.335. The Morgan fingerprint density at radius 1 is 1.00 bits per heavy atom. The zero-order chi connectivity index (χ0) is 11.9. The molecular formula is C14H19NO2. The third kappa shape index (κ3) is 3.77. The number of nitrogens with one attached hydrogen (secondary N) is 1. The number of anilines is 1. The fourth-order valence-electron chi connectivity index (χ4n) is 2.12. The molecule has 0 aromatic heterocycles. The average molecular weight is 233 g/mol. The number of aryl methyl sites for hydroxylation is 1. The lowest BCUT2D eigenvalue weighted by molar-refractivity contribution is 0.159. The highest BCUT2D eigenvalue weighted by molar-refractivity contribution is 5.85. The molecule has 3 nitrogen and oxygen atoms in total. The van der Waals surface area contributed by atoms with Crippen LogP contribution < -0.4 is 5.32 Å². The summed E-state index contributed by atoms with van der Waals surface area (Å²) >= 11 is 0. The number of hydrogen-bond acceptors (Lipinski definition) is 2. The van der Waals surface area contributed by atoms with Gasteiger partial charge in [-0.05, 0) is 30.9 Å². The van der Waals surface area contributed by atoms with Gasteiger partial charge >= 0.3 is 6.09 Å². The number of para-hydroxylation sites is 1. The topological polar surface area (TPSA) is 38.3 Å². The lowest BCUT2D eigenvalue weighted by Crippen LogP contribution is -2.15. The van der Waals surface area contributed by atoms with Gasteiger partial charge in [-0.3, -0.25) is 5.32 Å². The van der Waals surface area contributed by atoms with E-state index in [9.17, 15) is 4.79 Å². The quantitative estimate of drug-likeness (QED) is 0.741. The van der Waals surface area contributed by atoms with E-state index < -0.39 is 0 Å². The first-order chi connectivity index (χ1) is 8.36. The molecule has 0 bridgehead atoms. The molecule has 0 fully saturated rings. The zero-order valence-electron chi connectivity index (χ0n) is 10.1. The molecule has 0 saturated carbocycles. The molecule has 0 spiro atoms. The Bertz CT molecular complexity index is 376. The third-order valence-electron chi connectivity index (χ3n) is 3.08. The van der Waals surface area contributed by atoms with Gasteiger partial charge in [0, 0.05) is 5.69 Å². The molecule has 1 aliphatic rings. The lowest BCUT2D eigenvalue weighted by Gasteiger charge is -2.12. The summed E-state index contributed by atoms with van der Waals surface area (Å²) in [4.78, 5) is 11.5. The molecule has 2 rings (SSSR count). The highest BCUT2D eigenvalue weighted by Gasteiger charge is 2.08. The van der Waals surface area contributed by atoms with E-state index in [-0.39, 0.29) is 6.09 Å². The molecular weight excluding hydrogens is 214 g/mol. The van der Waals surface area contributed by atoms with Crippen molar-refractivity contribution in [1.29, 1.82) is 0 Å². The van der Waals surface area contributed by atoms with Crippen molar-refractivity contribution in [2.45, 2.75) is 38.5 Å². The minimum absolute atomic E-state index is 0.335. The number of cyclic esters (lactones) is 1. The Kier molecular flexibility index (Phi) is 4.42. The fourth-order valence-corrected chi connectivity index (χ4v) is 2.12. The van der Waals surface area contributed by atoms with Gasteiger partial charge in [0.1, 0.15) is 0 Å². The van der Waals surface area contributed by atoms with Gasteiger partial charge in [-0.15, -0.1) is 0 Å². The number of carbonyl (C=O) groups is 1. The summed E-state index contributed by atoms with van der Waals surface area (Å²) in [7, 11) is 0. The van der Waals surface area contributed by atoms with E-state index in [2.05, 4.69) is 11.4 Å². The van der Waals surface area contributed by atoms with E-state index in [1.165, 1.54) is 24.8 Å². The molecule has 1 aliphatic heterocycles. The largest absolute Gasteiger partial charge is 0.449 e. The Morgan fingerprint density at radius 3 is 2.71 bits per heavy atom. The SMILES string of the molecule is O=C1Nc2ccccc2CCCCCCCO1. The Balaban J connectivity index is 2.08. The normalized spacial score (nSPS) is 18.0. The van der Waals surface area contributed by atoms with E-state index in [0.29, 0.717) is 6.61 Å². The van der Waals surface area contributed by atoms with Crippen LogP contribution in [0.1, 0.15) is 37.7 Å². The van der Waals surface area contributed by atoms with Crippen molar-refractivity contribution < 1.29 is 9.53 Å². The van der Waals surface area contributed by atoms with Gasteiger partial charge in [0.25, 0.3) is 0 Å². The van der Waals surface area contributed by atoms with Crippen LogP contribution in [0.15, 0.2) is 24.3 Å². The molecule has 1 aromatic rings. The second-order valence-electron chi connectivity index (χ2n) is 4.44. The second kappa shape index (κ2) is 6.28. The van der Waals surface area contributed by atoms with Crippen molar-refractivity contribution in [3.05, 3.63) is 29.8 Å². The van der Waals surface area contributed by atoms with E-state index in [1.807, 2.05) is 18.2 Å². The van der Waals surface area contributed by atoms with Crippen molar-refractivity contribution in [3.8, 4) is 0 Å². The first-order valence-electron chi connectivity index (χ1n) is 6.38. The van der Waals surface area contributed by atoms with Crippen molar-refractivity contribution in [2.75, 3.05) is 11.9 Å². The number of rotatable bonds is 0. The van der Waals surface area contributed by atoms with Gasteiger partial charge in [-0.2, -0.15) is 0 Å². The standard InChI is InChI=1S/C14H19NO2/c16-14-15-13-10-6-5-9-12(13)8-4-2-1-3-7-11-17-14/h5-6,9-10H,1-4,7-8,11H2,(H,15,16). The predicted molar refractivity (Wildman–Crippen MR) is 68.2 cm³/mol. The third-order valence-corrected chi connectivity index (χ3v) is 3.08. The van der Waals surface area contributed by atoms with Crippen molar-refractivity contribution in [2.24, 2.45) is 0 Å². The van der Waals surface area contributed by atoms with Crippen LogP contribution in [0, 0.1) is 0 Å². The first-order valence-corrected chi connectivity index (χ1v) is 6.38. The summed E-state index contributed by atoms with van der Waals surface area (Å²) in [5.41, 5.74) is 2.09. The van der Waals surface area contributed by atoms with Crippen LogP contribution >= 0.6 is 0 Å². The molecule has 0 radical (unpaired) electrons. The maximum atomic E-state index is 11.5. The summed E-state index contributed by atoms with van der Waals surface area (Å²) in [6, 6.07) is 7.95. The van der Waals surface area contributed by atoms with E-state index >= 15 is 0 Å². The highest BCUT2D eigenvalue weighted by atomic mass is 16.5. The summed E-state index contributed by atoms with van der Waals surface area (Å²) in [5, 5.41) is 2.82. The summed E-state index contributed by atoms with van der Waals surface area (Å²) < 4.78 is 5.12. The molecule has 92 valence electrons. The van der Waals surface area contributed by atoms with Crippen LogP contribution in [0.5, 0.6) is 0 Å². The molecule has 1 aromatic carbocycles. The van der Waals surface area contributed by atoms with Crippen molar-refractivity contribution in [3.63, 3.8) is 0 Å². The molecule has 1 N–H and O–H groups in total. The van der Waals surface area contributed by atoms with Crippen LogP contribution in [0.25, 0.3) is 0 Å². The van der Waals surface area contributed by atoms with E-state index in [4.69, 9.17) is 4.74 Å². The summed E-state index contributed by atoms with van der Waals surface area (Å²) in [6.07, 6.45) is 6.47. The Hall–Kier alpha value is -1.51. The fraction of sp³-hybridized carbons (Fsp3) is 0.500. The highest BCUT2D eigenvalue weighted by Crippen LogP contribution is 2.19. The zero-order valence-corrected chi connectivity index (χ0v) is 10.1. The van der Waals surface area contributed by atoms with Crippen LogP contribution in [-0.4, -0.2) is 12.7 Å². The van der Waals surface area contributed by atoms with Crippen LogP contribution in [0.2, 0.25) is 0 Å². The molecule has 1 heterocycles. The predicted octanol–water partition coefficient (Wildman–Crippen LogP) is 3.74. The summed E-state index contributed by atoms with van der Waals surface area (Å²) in [6.45, 7) is 0.522. The second-order valence-corrected chi connectivity index (χ2v) is 4.44. The minimum Gasteiger partial charge on any atom is -0.449 e. The van der Waals surface area contributed by atoms with Gasteiger partial charge in [0.05, 0.1) is 6.61 Å². The molecule has 17 heavy (non-hydrogen) atoms. The van der Waals surface area contributed by atoms with Gasteiger partial charge < -0.3 is 4.74 Å². The van der Waals surface area contributed by atoms with Crippen LogP contribution in [0.4, 0.5) is 10.5 Å². The number of hydrogen-bond donors (Lipinski definition) is 1. The lowest BCUT2D eigenvalue weighted by atomic mass is 10.0. The smallest absolute Gasteiger partial charge is 0.411 e. The van der Waals surface area contributed by atoms with E-state index in [1.54, 1.807) is 0 Å². The molecule has 0 atom stereocenters. The van der Waals surface area contributed by atoms with E-state index in [0.717, 1.165) is 24.9 Å². The van der Waals surface area contributed by atoms with Crippen molar-refractivity contribution >= 4 is 11.8 Å². The molecule has 1 amide bonds. The monoisotopic (exact) mass is 233 g/mol. The molecule has 3 heteroatoms. The Labute approximate surface area is 102 Å². The van der Waals surface area contributed by atoms with Gasteiger partial charge in [-0.25, -0.2) is 4.79 Å². The maximum absolute atomic E-state index is 11.5. The van der Waals surface area contributed by atoms with Crippen molar-refractivity contribution in [1.82, 2.24) is 0 Å².